The number of hydrogen-bond donors (Lipinski definition) is 2. The molecule has 1 heterocycles. The van der Waals surface area contributed by atoms with Crippen molar-refractivity contribution in [2.45, 2.75) is 33.1 Å². The molecule has 0 aromatic heterocycles. The van der Waals surface area contributed by atoms with E-state index >= 15 is 0 Å². The number of allylic oxidation sites excluding steroid dienone is 1. The highest BCUT2D eigenvalue weighted by Gasteiger charge is 2.43. The van der Waals surface area contributed by atoms with Gasteiger partial charge < -0.3 is 5.32 Å². The third-order valence-electron chi connectivity index (χ3n) is 5.46. The van der Waals surface area contributed by atoms with Gasteiger partial charge in [0.2, 0.25) is 5.91 Å². The molecule has 2 N–H and O–H groups in total. The van der Waals surface area contributed by atoms with E-state index in [1.807, 2.05) is 25.1 Å². The molecule has 1 aliphatic carbocycles. The van der Waals surface area contributed by atoms with Gasteiger partial charge in [-0.3, -0.25) is 14.9 Å². The van der Waals surface area contributed by atoms with Crippen molar-refractivity contribution in [3.63, 3.8) is 0 Å². The first-order valence-electron chi connectivity index (χ1n) is 9.78. The molecule has 6 nitrogen and oxygen atoms in total. The largest absolute Gasteiger partial charge is 0.358 e. The molecular weight excluding hydrogens is 366 g/mol. The minimum Gasteiger partial charge on any atom is -0.358 e. The number of benzene rings is 2. The fourth-order valence-corrected chi connectivity index (χ4v) is 3.91. The van der Waals surface area contributed by atoms with Crippen molar-refractivity contribution < 1.29 is 14.4 Å². The average molecular weight is 389 g/mol. The number of urea groups is 1. The molecule has 6 heteroatoms. The molecule has 2 aliphatic rings. The second kappa shape index (κ2) is 7.54. The normalized spacial score (nSPS) is 19.2. The van der Waals surface area contributed by atoms with Crippen molar-refractivity contribution in [3.8, 4) is 0 Å². The number of aryl methyl sites for hydroxylation is 3. The number of carbonyl (C=O) groups excluding carboxylic acids is 3. The highest BCUT2D eigenvalue weighted by Crippen LogP contribution is 2.29. The summed E-state index contributed by atoms with van der Waals surface area (Å²) in [5.41, 5.74) is 5.37. The number of anilines is 2. The van der Waals surface area contributed by atoms with E-state index < -0.39 is 23.8 Å². The van der Waals surface area contributed by atoms with Crippen LogP contribution in [0, 0.1) is 12.8 Å². The number of amides is 4. The molecule has 29 heavy (non-hydrogen) atoms. The highest BCUT2D eigenvalue weighted by atomic mass is 16.2. The number of hydrogen-bond acceptors (Lipinski definition) is 4. The minimum absolute atomic E-state index is 0.434. The fourth-order valence-electron chi connectivity index (χ4n) is 3.91. The molecule has 1 atom stereocenters. The van der Waals surface area contributed by atoms with Crippen LogP contribution in [0.1, 0.15) is 30.0 Å². The van der Waals surface area contributed by atoms with Gasteiger partial charge in [0, 0.05) is 11.4 Å². The lowest BCUT2D eigenvalue weighted by molar-refractivity contribution is -0.132. The van der Waals surface area contributed by atoms with Crippen molar-refractivity contribution in [1.29, 1.82) is 0 Å². The molecule has 0 saturated carbocycles. The lowest BCUT2D eigenvalue weighted by Gasteiger charge is -2.31. The molecule has 1 fully saturated rings. The molecule has 2 aromatic rings. The van der Waals surface area contributed by atoms with E-state index in [4.69, 9.17) is 0 Å². The standard InChI is InChI=1S/C23H23N3O3/c1-3-19(24-17-10-9-15-5-4-6-16(15)13-17)20-21(27)25-23(29)26(22(20)28)18-11-7-14(2)8-12-18/h3,7-13,20,24H,4-6H2,1-2H3,(H,25,27,29)/b19-3+/t20-/m0/s1. The van der Waals surface area contributed by atoms with E-state index in [1.54, 1.807) is 25.1 Å². The lowest BCUT2D eigenvalue weighted by Crippen LogP contribution is -2.59. The number of imide groups is 2. The van der Waals surface area contributed by atoms with E-state index in [2.05, 4.69) is 22.8 Å². The SMILES string of the molecule is C/C=C(/Nc1ccc2c(c1)CCC2)[C@H]1C(=O)NC(=O)N(c2ccc(C)cc2)C1=O. The third kappa shape index (κ3) is 3.53. The Bertz CT molecular complexity index is 1020. The van der Waals surface area contributed by atoms with Crippen molar-refractivity contribution in [2.75, 3.05) is 10.2 Å². The first-order valence-corrected chi connectivity index (χ1v) is 9.78. The molecule has 4 amide bonds. The Labute approximate surface area is 169 Å². The average Bonchev–Trinajstić information content (AvgIpc) is 3.16. The van der Waals surface area contributed by atoms with Crippen LogP contribution >= 0.6 is 0 Å². The predicted molar refractivity (Wildman–Crippen MR) is 112 cm³/mol. The van der Waals surface area contributed by atoms with Crippen LogP contribution in [-0.4, -0.2) is 17.8 Å². The van der Waals surface area contributed by atoms with Gasteiger partial charge in [-0.1, -0.05) is 29.8 Å². The van der Waals surface area contributed by atoms with Crippen molar-refractivity contribution in [1.82, 2.24) is 5.32 Å². The Balaban J connectivity index is 1.62. The summed E-state index contributed by atoms with van der Waals surface area (Å²) in [6.07, 6.45) is 4.97. The molecule has 1 aliphatic heterocycles. The molecular formula is C23H23N3O3. The van der Waals surface area contributed by atoms with Crippen LogP contribution in [0.25, 0.3) is 0 Å². The van der Waals surface area contributed by atoms with E-state index in [0.29, 0.717) is 11.4 Å². The number of nitrogens with one attached hydrogen (secondary N) is 2. The van der Waals surface area contributed by atoms with Gasteiger partial charge in [-0.15, -0.1) is 0 Å². The molecule has 2 aromatic carbocycles. The summed E-state index contributed by atoms with van der Waals surface area (Å²) >= 11 is 0. The van der Waals surface area contributed by atoms with Crippen LogP contribution in [0.3, 0.4) is 0 Å². The van der Waals surface area contributed by atoms with Crippen LogP contribution in [0.2, 0.25) is 0 Å². The van der Waals surface area contributed by atoms with Gasteiger partial charge in [0.05, 0.1) is 5.69 Å². The summed E-state index contributed by atoms with van der Waals surface area (Å²) in [7, 11) is 0. The summed E-state index contributed by atoms with van der Waals surface area (Å²) in [4.78, 5) is 39.1. The van der Waals surface area contributed by atoms with Gasteiger partial charge in [0.15, 0.2) is 5.92 Å². The Morgan fingerprint density at radius 2 is 1.79 bits per heavy atom. The first kappa shape index (κ1) is 18.9. The Morgan fingerprint density at radius 3 is 2.52 bits per heavy atom. The van der Waals surface area contributed by atoms with E-state index in [0.717, 1.165) is 35.4 Å². The number of rotatable bonds is 4. The molecule has 148 valence electrons. The Kier molecular flexibility index (Phi) is 4.92. The van der Waals surface area contributed by atoms with Crippen LogP contribution in [0.15, 0.2) is 54.2 Å². The van der Waals surface area contributed by atoms with Crippen molar-refractivity contribution in [2.24, 2.45) is 5.92 Å². The highest BCUT2D eigenvalue weighted by molar-refractivity contribution is 6.29. The molecule has 0 spiro atoms. The zero-order valence-electron chi connectivity index (χ0n) is 16.5. The van der Waals surface area contributed by atoms with Crippen molar-refractivity contribution >= 4 is 29.2 Å². The quantitative estimate of drug-likeness (QED) is 0.782. The lowest BCUT2D eigenvalue weighted by atomic mass is 9.98. The minimum atomic E-state index is -1.12. The summed E-state index contributed by atoms with van der Waals surface area (Å²) in [6.45, 7) is 3.69. The summed E-state index contributed by atoms with van der Waals surface area (Å²) < 4.78 is 0. The van der Waals surface area contributed by atoms with E-state index in [9.17, 15) is 14.4 Å². The maximum Gasteiger partial charge on any atom is 0.335 e. The topological polar surface area (TPSA) is 78.5 Å². The Hall–Kier alpha value is -3.41. The van der Waals surface area contributed by atoms with E-state index in [-0.39, 0.29) is 0 Å². The second-order valence-electron chi connectivity index (χ2n) is 7.44. The predicted octanol–water partition coefficient (Wildman–Crippen LogP) is 3.70. The second-order valence-corrected chi connectivity index (χ2v) is 7.44. The van der Waals surface area contributed by atoms with Crippen LogP contribution in [0.4, 0.5) is 16.2 Å². The fraction of sp³-hybridized carbons (Fsp3) is 0.261. The van der Waals surface area contributed by atoms with Crippen molar-refractivity contribution in [3.05, 3.63) is 70.9 Å². The monoisotopic (exact) mass is 389 g/mol. The molecule has 0 bridgehead atoms. The molecule has 4 rings (SSSR count). The van der Waals surface area contributed by atoms with Gasteiger partial charge in [0.1, 0.15) is 0 Å². The zero-order chi connectivity index (χ0) is 20.5. The number of carbonyl (C=O) groups is 3. The van der Waals surface area contributed by atoms with Crippen LogP contribution in [0.5, 0.6) is 0 Å². The number of barbiturate groups is 1. The van der Waals surface area contributed by atoms with Gasteiger partial charge in [-0.25, -0.2) is 9.69 Å². The summed E-state index contributed by atoms with van der Waals surface area (Å²) in [5, 5.41) is 5.54. The molecule has 1 saturated heterocycles. The molecule has 0 radical (unpaired) electrons. The van der Waals surface area contributed by atoms with Gasteiger partial charge in [-0.05, 0) is 68.5 Å². The molecule has 0 unspecified atom stereocenters. The van der Waals surface area contributed by atoms with E-state index in [1.165, 1.54) is 11.1 Å². The Morgan fingerprint density at radius 1 is 1.07 bits per heavy atom. The maximum absolute atomic E-state index is 13.2. The van der Waals surface area contributed by atoms with Gasteiger partial charge >= 0.3 is 6.03 Å². The summed E-state index contributed by atoms with van der Waals surface area (Å²) in [6, 6.07) is 12.4. The van der Waals surface area contributed by atoms with Crippen LogP contribution in [-0.2, 0) is 22.4 Å². The van der Waals surface area contributed by atoms with Gasteiger partial charge in [-0.2, -0.15) is 0 Å². The summed E-state index contributed by atoms with van der Waals surface area (Å²) in [5.74, 6) is -2.30. The third-order valence-corrected chi connectivity index (χ3v) is 5.46. The first-order chi connectivity index (χ1) is 14.0. The number of nitrogens with zero attached hydrogens (tertiary/aromatic N) is 1. The maximum atomic E-state index is 13.2. The van der Waals surface area contributed by atoms with Gasteiger partial charge in [0.25, 0.3) is 5.91 Å². The zero-order valence-corrected chi connectivity index (χ0v) is 16.5. The van der Waals surface area contributed by atoms with Crippen LogP contribution < -0.4 is 15.5 Å². The smallest absolute Gasteiger partial charge is 0.335 e. The number of fused-ring (bicyclic) bond motifs is 1.